The fourth-order valence-electron chi connectivity index (χ4n) is 3.07. The van der Waals surface area contributed by atoms with Gasteiger partial charge in [0.1, 0.15) is 0 Å². The Hall–Kier alpha value is -2.43. The minimum atomic E-state index is -4.24. The van der Waals surface area contributed by atoms with Gasteiger partial charge in [-0.2, -0.15) is 8.42 Å². The van der Waals surface area contributed by atoms with Crippen LogP contribution in [0.4, 0.5) is 0 Å². The zero-order chi connectivity index (χ0) is 20.4. The Morgan fingerprint density at radius 2 is 2.04 bits per heavy atom. The van der Waals surface area contributed by atoms with E-state index < -0.39 is 21.9 Å². The Bertz CT molecular complexity index is 900. The first-order chi connectivity index (χ1) is 12.6. The summed E-state index contributed by atoms with van der Waals surface area (Å²) >= 11 is 0. The number of aromatic nitrogens is 1. The number of hydrogen-bond acceptors (Lipinski definition) is 5. The molecule has 2 unspecified atom stereocenters. The highest BCUT2D eigenvalue weighted by molar-refractivity contribution is 7.87. The first kappa shape index (κ1) is 20.9. The number of allylic oxidation sites excluding steroid dienone is 3. The molecule has 1 heterocycles. The zero-order valence-electron chi connectivity index (χ0n) is 15.2. The lowest BCUT2D eigenvalue weighted by molar-refractivity contribution is -0.133. The van der Waals surface area contributed by atoms with Crippen molar-refractivity contribution >= 4 is 27.7 Å². The molecule has 0 aliphatic heterocycles. The van der Waals surface area contributed by atoms with Crippen molar-refractivity contribution < 1.29 is 23.1 Å². The van der Waals surface area contributed by atoms with E-state index in [0.717, 1.165) is 6.20 Å². The molecule has 0 aromatic carbocycles. The van der Waals surface area contributed by atoms with E-state index in [2.05, 4.69) is 0 Å². The van der Waals surface area contributed by atoms with Crippen LogP contribution in [0.3, 0.4) is 0 Å². The predicted octanol–water partition coefficient (Wildman–Crippen LogP) is 0.251. The molecule has 0 saturated carbocycles. The van der Waals surface area contributed by atoms with Crippen molar-refractivity contribution in [3.8, 4) is 0 Å². The summed E-state index contributed by atoms with van der Waals surface area (Å²) in [6.07, 6.45) is 6.91. The summed E-state index contributed by atoms with van der Waals surface area (Å²) in [5.74, 6) is -2.05. The van der Waals surface area contributed by atoms with Crippen LogP contribution in [0.2, 0.25) is 0 Å². The normalized spacial score (nSPS) is 19.6. The number of nitrogens with two attached hydrogens (primary N) is 2. The minimum Gasteiger partial charge on any atom is -0.477 e. The van der Waals surface area contributed by atoms with Crippen LogP contribution in [0.5, 0.6) is 0 Å². The van der Waals surface area contributed by atoms with Crippen LogP contribution in [-0.4, -0.2) is 54.4 Å². The third-order valence-corrected chi connectivity index (χ3v) is 5.34. The fourth-order valence-corrected chi connectivity index (χ4v) is 3.74. The van der Waals surface area contributed by atoms with Crippen LogP contribution < -0.4 is 10.9 Å². The van der Waals surface area contributed by atoms with Crippen molar-refractivity contribution in [1.82, 2.24) is 8.87 Å². The maximum Gasteiger partial charge on any atom is 0.354 e. The maximum atomic E-state index is 12.6. The van der Waals surface area contributed by atoms with Gasteiger partial charge in [-0.05, 0) is 30.5 Å². The van der Waals surface area contributed by atoms with Crippen molar-refractivity contribution in [2.45, 2.75) is 13.3 Å². The molecule has 2 atom stereocenters. The number of hydrogen-bond donors (Lipinski definition) is 3. The third-order valence-electron chi connectivity index (χ3n) is 4.49. The van der Waals surface area contributed by atoms with Crippen LogP contribution in [0, 0.1) is 11.8 Å². The fraction of sp³-hybridized carbons (Fsp3) is 0.412. The highest BCUT2D eigenvalue weighted by Crippen LogP contribution is 2.32. The second kappa shape index (κ2) is 8.07. The second-order valence-electron chi connectivity index (χ2n) is 6.49. The van der Waals surface area contributed by atoms with Gasteiger partial charge in [0, 0.05) is 25.4 Å². The molecule has 0 saturated heterocycles. The van der Waals surface area contributed by atoms with E-state index in [1.807, 2.05) is 6.92 Å². The average molecular weight is 396 g/mol. The smallest absolute Gasteiger partial charge is 0.354 e. The molecule has 9 nitrogen and oxygen atoms in total. The average Bonchev–Trinajstić information content (AvgIpc) is 3.04. The van der Waals surface area contributed by atoms with E-state index in [4.69, 9.17) is 10.9 Å². The second-order valence-corrected chi connectivity index (χ2v) is 7.92. The van der Waals surface area contributed by atoms with Gasteiger partial charge in [-0.3, -0.25) is 4.79 Å². The molecule has 0 spiro atoms. The number of amides is 1. The summed E-state index contributed by atoms with van der Waals surface area (Å²) < 4.78 is 23.7. The topological polar surface area (TPSA) is 149 Å². The molecule has 2 rings (SSSR count). The largest absolute Gasteiger partial charge is 0.477 e. The molecule has 1 aliphatic carbocycles. The highest BCUT2D eigenvalue weighted by Gasteiger charge is 2.29. The summed E-state index contributed by atoms with van der Waals surface area (Å²) in [5, 5.41) is 14.5. The predicted molar refractivity (Wildman–Crippen MR) is 101 cm³/mol. The van der Waals surface area contributed by atoms with Gasteiger partial charge < -0.3 is 15.7 Å². The van der Waals surface area contributed by atoms with Crippen molar-refractivity contribution in [3.63, 3.8) is 0 Å². The lowest BCUT2D eigenvalue weighted by atomic mass is 9.84. The number of carbonyl (C=O) groups excluding carboxylic acids is 1. The molecule has 1 aromatic heterocycles. The number of nitrogens with zero attached hydrogens (tertiary/aromatic N) is 2. The van der Waals surface area contributed by atoms with E-state index in [0.29, 0.717) is 29.1 Å². The van der Waals surface area contributed by atoms with Crippen molar-refractivity contribution in [2.24, 2.45) is 22.7 Å². The first-order valence-corrected chi connectivity index (χ1v) is 9.91. The summed E-state index contributed by atoms with van der Waals surface area (Å²) in [4.78, 5) is 25.8. The van der Waals surface area contributed by atoms with Gasteiger partial charge in [-0.15, -0.1) is 0 Å². The van der Waals surface area contributed by atoms with Crippen LogP contribution in [-0.2, 0) is 15.0 Å². The monoisotopic (exact) mass is 396 g/mol. The van der Waals surface area contributed by atoms with Gasteiger partial charge in [0.25, 0.3) is 0 Å². The van der Waals surface area contributed by atoms with Gasteiger partial charge in [-0.1, -0.05) is 25.2 Å². The SMILES string of the molecule is CC1C=C(c2ccn(S(N)(=O)=O)c2C(=O)O)C=CC1C(=O)N(C)CCCN. The summed E-state index contributed by atoms with van der Waals surface area (Å²) in [6.45, 7) is 2.90. The van der Waals surface area contributed by atoms with Crippen molar-refractivity contribution in [2.75, 3.05) is 20.1 Å². The Kier molecular flexibility index (Phi) is 6.24. The Balaban J connectivity index is 2.32. The van der Waals surface area contributed by atoms with E-state index in [-0.39, 0.29) is 23.3 Å². The Labute approximate surface area is 158 Å². The van der Waals surface area contributed by atoms with E-state index in [1.165, 1.54) is 6.07 Å². The van der Waals surface area contributed by atoms with Crippen LogP contribution in [0.1, 0.15) is 29.4 Å². The first-order valence-electron chi connectivity index (χ1n) is 8.41. The summed E-state index contributed by atoms with van der Waals surface area (Å²) in [7, 11) is -2.53. The summed E-state index contributed by atoms with van der Waals surface area (Å²) in [5.41, 5.74) is 5.78. The quantitative estimate of drug-likeness (QED) is 0.601. The molecule has 148 valence electrons. The molecule has 27 heavy (non-hydrogen) atoms. The number of carboxylic acid groups (broad SMARTS) is 1. The number of carbonyl (C=O) groups is 2. The zero-order valence-corrected chi connectivity index (χ0v) is 16.0. The van der Waals surface area contributed by atoms with E-state index >= 15 is 0 Å². The van der Waals surface area contributed by atoms with E-state index in [1.54, 1.807) is 30.2 Å². The molecule has 1 aromatic rings. The van der Waals surface area contributed by atoms with Gasteiger partial charge >= 0.3 is 16.2 Å². The van der Waals surface area contributed by atoms with Crippen molar-refractivity contribution in [1.29, 1.82) is 0 Å². The number of rotatable bonds is 7. The van der Waals surface area contributed by atoms with Gasteiger partial charge in [0.15, 0.2) is 5.69 Å². The third kappa shape index (κ3) is 4.46. The van der Waals surface area contributed by atoms with Crippen LogP contribution >= 0.6 is 0 Å². The molecular formula is C17H24N4O5S. The molecule has 1 aliphatic rings. The minimum absolute atomic E-state index is 0.0527. The lowest BCUT2D eigenvalue weighted by Crippen LogP contribution is -2.36. The molecule has 0 bridgehead atoms. The molecule has 0 radical (unpaired) electrons. The number of aromatic carboxylic acids is 1. The molecular weight excluding hydrogens is 372 g/mol. The van der Waals surface area contributed by atoms with Gasteiger partial charge in [0.05, 0.1) is 5.92 Å². The molecule has 1 amide bonds. The Morgan fingerprint density at radius 1 is 1.37 bits per heavy atom. The highest BCUT2D eigenvalue weighted by atomic mass is 32.2. The molecule has 10 heteroatoms. The summed E-state index contributed by atoms with van der Waals surface area (Å²) in [6, 6.07) is 1.38. The maximum absolute atomic E-state index is 12.6. The molecule has 0 fully saturated rings. The van der Waals surface area contributed by atoms with Gasteiger partial charge in [-0.25, -0.2) is 13.9 Å². The van der Waals surface area contributed by atoms with Gasteiger partial charge in [0.2, 0.25) is 5.91 Å². The lowest BCUT2D eigenvalue weighted by Gasteiger charge is -2.27. The van der Waals surface area contributed by atoms with Crippen LogP contribution in [0.15, 0.2) is 30.5 Å². The standard InChI is InChI=1S/C17H24N4O5S/c1-11-10-12(4-5-13(11)16(22)20(2)8-3-7-18)14-6-9-21(27(19,25)26)15(14)17(23)24/h4-6,9-11,13H,3,7-8,18H2,1-2H3,(H,23,24)(H2,19,25,26). The van der Waals surface area contributed by atoms with E-state index in [9.17, 15) is 23.1 Å². The van der Waals surface area contributed by atoms with Crippen molar-refractivity contribution in [3.05, 3.63) is 41.7 Å². The molecule has 5 N–H and O–H groups in total. The Morgan fingerprint density at radius 3 is 2.56 bits per heavy atom. The number of carboxylic acids is 1. The van der Waals surface area contributed by atoms with Crippen LogP contribution in [0.25, 0.3) is 5.57 Å².